The monoisotopic (exact) mass is 282 g/mol. The Morgan fingerprint density at radius 2 is 2.00 bits per heavy atom. The fraction of sp³-hybridized carbons (Fsp3) is 0.917. The van der Waals surface area contributed by atoms with E-state index in [1.54, 1.807) is 0 Å². The fourth-order valence-corrected chi connectivity index (χ4v) is 2.30. The third-order valence-corrected chi connectivity index (χ3v) is 3.44. The number of aliphatic hydroxyl groups excluding tert-OH is 1. The van der Waals surface area contributed by atoms with Crippen LogP contribution in [0.4, 0.5) is 13.2 Å². The summed E-state index contributed by atoms with van der Waals surface area (Å²) in [5.74, 6) is -0.763. The first-order chi connectivity index (χ1) is 8.84. The van der Waals surface area contributed by atoms with Crippen molar-refractivity contribution in [2.45, 2.75) is 38.5 Å². The molecule has 0 aromatic carbocycles. The highest BCUT2D eigenvalue weighted by Crippen LogP contribution is 2.31. The number of rotatable bonds is 5. The predicted octanol–water partition coefficient (Wildman–Crippen LogP) is 1.15. The van der Waals surface area contributed by atoms with E-state index in [0.717, 1.165) is 0 Å². The smallest absolute Gasteiger partial charge is 0.383 e. The molecule has 2 N–H and O–H groups in total. The van der Waals surface area contributed by atoms with Crippen molar-refractivity contribution >= 4 is 5.91 Å². The van der Waals surface area contributed by atoms with Crippen LogP contribution in [0.15, 0.2) is 0 Å². The van der Waals surface area contributed by atoms with Gasteiger partial charge in [-0.1, -0.05) is 0 Å². The molecule has 1 atom stereocenters. The summed E-state index contributed by atoms with van der Waals surface area (Å²) in [6, 6.07) is 0. The van der Waals surface area contributed by atoms with Crippen molar-refractivity contribution in [2.24, 2.45) is 5.92 Å². The predicted molar refractivity (Wildman–Crippen MR) is 64.5 cm³/mol. The molecule has 1 fully saturated rings. The molecule has 19 heavy (non-hydrogen) atoms. The second-order valence-electron chi connectivity index (χ2n) is 4.87. The van der Waals surface area contributed by atoms with Gasteiger partial charge in [0.2, 0.25) is 5.91 Å². The molecule has 4 nitrogen and oxygen atoms in total. The number of likely N-dealkylation sites (tertiary alicyclic amines) is 1. The Balaban J connectivity index is 2.27. The highest BCUT2D eigenvalue weighted by Gasteiger charge is 2.44. The lowest BCUT2D eigenvalue weighted by Gasteiger charge is -2.34. The fourth-order valence-electron chi connectivity index (χ4n) is 2.30. The van der Waals surface area contributed by atoms with E-state index in [-0.39, 0.29) is 5.91 Å². The lowest BCUT2D eigenvalue weighted by atomic mass is 9.91. The standard InChI is InChI=1S/C12H21F3N2O2/c1-2-16-10(18)5-8-17-6-3-9(4-7-17)11(19)12(13,14)15/h9,11,19H,2-8H2,1H3,(H,16,18). The third-order valence-electron chi connectivity index (χ3n) is 3.44. The first-order valence-electron chi connectivity index (χ1n) is 6.58. The van der Waals surface area contributed by atoms with Crippen LogP contribution in [0.5, 0.6) is 0 Å². The minimum absolute atomic E-state index is 0.0417. The third kappa shape index (κ3) is 5.36. The number of halogens is 3. The lowest BCUT2D eigenvalue weighted by Crippen LogP contribution is -2.44. The Morgan fingerprint density at radius 3 is 2.47 bits per heavy atom. The van der Waals surface area contributed by atoms with E-state index in [4.69, 9.17) is 0 Å². The molecule has 0 aromatic heterocycles. The van der Waals surface area contributed by atoms with Gasteiger partial charge in [-0.05, 0) is 38.8 Å². The molecular formula is C12H21F3N2O2. The van der Waals surface area contributed by atoms with Gasteiger partial charge in [-0.3, -0.25) is 4.79 Å². The Morgan fingerprint density at radius 1 is 1.42 bits per heavy atom. The van der Waals surface area contributed by atoms with Gasteiger partial charge < -0.3 is 15.3 Å². The Labute approximate surface area is 111 Å². The number of hydrogen-bond acceptors (Lipinski definition) is 3. The normalized spacial score (nSPS) is 20.3. The molecule has 0 spiro atoms. The van der Waals surface area contributed by atoms with Gasteiger partial charge in [0.25, 0.3) is 0 Å². The molecule has 0 bridgehead atoms. The Kier molecular flexibility index (Phi) is 6.06. The summed E-state index contributed by atoms with van der Waals surface area (Å²) in [5, 5.41) is 11.9. The van der Waals surface area contributed by atoms with Crippen molar-refractivity contribution < 1.29 is 23.1 Å². The molecule has 0 aromatic rings. The number of amides is 1. The van der Waals surface area contributed by atoms with E-state index in [9.17, 15) is 23.1 Å². The number of piperidine rings is 1. The molecule has 1 heterocycles. The summed E-state index contributed by atoms with van der Waals surface area (Å²) in [6.07, 6.45) is -5.77. The van der Waals surface area contributed by atoms with Crippen molar-refractivity contribution in [3.63, 3.8) is 0 Å². The van der Waals surface area contributed by atoms with Gasteiger partial charge in [0.1, 0.15) is 0 Å². The van der Waals surface area contributed by atoms with Crippen LogP contribution >= 0.6 is 0 Å². The van der Waals surface area contributed by atoms with Crippen LogP contribution in [0.1, 0.15) is 26.2 Å². The molecule has 7 heteroatoms. The van der Waals surface area contributed by atoms with E-state index >= 15 is 0 Å². The minimum Gasteiger partial charge on any atom is -0.383 e. The second-order valence-corrected chi connectivity index (χ2v) is 4.87. The summed E-state index contributed by atoms with van der Waals surface area (Å²) in [4.78, 5) is 13.2. The number of carbonyl (C=O) groups excluding carboxylic acids is 1. The van der Waals surface area contributed by atoms with Crippen molar-refractivity contribution in [1.82, 2.24) is 10.2 Å². The number of alkyl halides is 3. The van der Waals surface area contributed by atoms with Crippen molar-refractivity contribution in [3.05, 3.63) is 0 Å². The molecule has 112 valence electrons. The van der Waals surface area contributed by atoms with Crippen LogP contribution in [-0.4, -0.2) is 54.4 Å². The van der Waals surface area contributed by atoms with Crippen molar-refractivity contribution in [1.29, 1.82) is 0 Å². The van der Waals surface area contributed by atoms with Gasteiger partial charge in [0.15, 0.2) is 6.10 Å². The summed E-state index contributed by atoms with van der Waals surface area (Å²) in [7, 11) is 0. The van der Waals surface area contributed by atoms with Gasteiger partial charge in [-0.2, -0.15) is 13.2 Å². The lowest BCUT2D eigenvalue weighted by molar-refractivity contribution is -0.223. The van der Waals surface area contributed by atoms with Gasteiger partial charge >= 0.3 is 6.18 Å². The zero-order valence-electron chi connectivity index (χ0n) is 11.0. The molecule has 1 unspecified atom stereocenters. The maximum absolute atomic E-state index is 12.4. The molecule has 1 rings (SSSR count). The average molecular weight is 282 g/mol. The maximum atomic E-state index is 12.4. The summed E-state index contributed by atoms with van der Waals surface area (Å²) in [5.41, 5.74) is 0. The number of nitrogens with one attached hydrogen (secondary N) is 1. The highest BCUT2D eigenvalue weighted by molar-refractivity contribution is 5.75. The van der Waals surface area contributed by atoms with Gasteiger partial charge in [0.05, 0.1) is 0 Å². The largest absolute Gasteiger partial charge is 0.414 e. The van der Waals surface area contributed by atoms with Gasteiger partial charge in [0, 0.05) is 19.5 Å². The average Bonchev–Trinajstić information content (AvgIpc) is 2.35. The Hall–Kier alpha value is -0.820. The first kappa shape index (κ1) is 16.2. The van der Waals surface area contributed by atoms with E-state index in [1.807, 2.05) is 11.8 Å². The summed E-state index contributed by atoms with van der Waals surface area (Å²) in [6.45, 7) is 3.97. The Bertz CT molecular complexity index is 289. The van der Waals surface area contributed by atoms with E-state index in [1.165, 1.54) is 0 Å². The van der Waals surface area contributed by atoms with Crippen LogP contribution in [-0.2, 0) is 4.79 Å². The molecule has 0 aliphatic carbocycles. The van der Waals surface area contributed by atoms with Gasteiger partial charge in [-0.15, -0.1) is 0 Å². The van der Waals surface area contributed by atoms with Crippen LogP contribution in [0, 0.1) is 5.92 Å². The summed E-state index contributed by atoms with van der Waals surface area (Å²) >= 11 is 0. The van der Waals surface area contributed by atoms with E-state index in [0.29, 0.717) is 45.4 Å². The number of nitrogens with zero attached hydrogens (tertiary/aromatic N) is 1. The number of aliphatic hydroxyl groups is 1. The number of hydrogen-bond donors (Lipinski definition) is 2. The first-order valence-corrected chi connectivity index (χ1v) is 6.58. The molecule has 0 saturated carbocycles. The van der Waals surface area contributed by atoms with Gasteiger partial charge in [-0.25, -0.2) is 0 Å². The zero-order valence-corrected chi connectivity index (χ0v) is 11.0. The molecular weight excluding hydrogens is 261 g/mol. The number of carbonyl (C=O) groups is 1. The van der Waals surface area contributed by atoms with Crippen LogP contribution < -0.4 is 5.32 Å². The maximum Gasteiger partial charge on any atom is 0.414 e. The molecule has 1 saturated heterocycles. The van der Waals surface area contributed by atoms with E-state index < -0.39 is 18.2 Å². The quantitative estimate of drug-likeness (QED) is 0.795. The molecule has 1 aliphatic rings. The molecule has 1 amide bonds. The van der Waals surface area contributed by atoms with Crippen LogP contribution in [0.2, 0.25) is 0 Å². The zero-order chi connectivity index (χ0) is 14.5. The minimum atomic E-state index is -4.53. The topological polar surface area (TPSA) is 52.6 Å². The van der Waals surface area contributed by atoms with Crippen LogP contribution in [0.3, 0.4) is 0 Å². The molecule has 1 aliphatic heterocycles. The highest BCUT2D eigenvalue weighted by atomic mass is 19.4. The van der Waals surface area contributed by atoms with Crippen LogP contribution in [0.25, 0.3) is 0 Å². The SMILES string of the molecule is CCNC(=O)CCN1CCC(C(O)C(F)(F)F)CC1. The van der Waals surface area contributed by atoms with E-state index in [2.05, 4.69) is 5.32 Å². The summed E-state index contributed by atoms with van der Waals surface area (Å²) < 4.78 is 37.1. The van der Waals surface area contributed by atoms with Crippen molar-refractivity contribution in [2.75, 3.05) is 26.2 Å². The molecule has 0 radical (unpaired) electrons. The van der Waals surface area contributed by atoms with Crippen molar-refractivity contribution in [3.8, 4) is 0 Å². The second kappa shape index (κ2) is 7.09.